The van der Waals surface area contributed by atoms with Crippen molar-refractivity contribution < 1.29 is 9.53 Å². The average Bonchev–Trinajstić information content (AvgIpc) is 2.31. The van der Waals surface area contributed by atoms with Gasteiger partial charge in [-0.15, -0.1) is 6.58 Å². The number of hydrogen-bond donors (Lipinski definition) is 2. The monoisotopic (exact) mass is 228 g/mol. The first-order valence-electron chi connectivity index (χ1n) is 5.85. The van der Waals surface area contributed by atoms with Gasteiger partial charge in [0.15, 0.2) is 0 Å². The topological polar surface area (TPSA) is 64.3 Å². The molecule has 0 unspecified atom stereocenters. The summed E-state index contributed by atoms with van der Waals surface area (Å²) in [7, 11) is 0. The molecule has 0 saturated heterocycles. The van der Waals surface area contributed by atoms with Gasteiger partial charge < -0.3 is 15.8 Å². The Labute approximate surface area is 98.2 Å². The molecule has 0 spiro atoms. The van der Waals surface area contributed by atoms with Gasteiger partial charge in [0.1, 0.15) is 0 Å². The van der Waals surface area contributed by atoms with Crippen molar-refractivity contribution in [2.45, 2.75) is 32.7 Å². The number of hydrogen-bond acceptors (Lipinski definition) is 3. The highest BCUT2D eigenvalue weighted by molar-refractivity contribution is 5.81. The van der Waals surface area contributed by atoms with Crippen LogP contribution in [-0.4, -0.2) is 31.7 Å². The highest BCUT2D eigenvalue weighted by atomic mass is 16.5. The number of amides is 1. The summed E-state index contributed by atoms with van der Waals surface area (Å²) in [6, 6.07) is -0.418. The molecule has 0 bridgehead atoms. The van der Waals surface area contributed by atoms with Gasteiger partial charge in [-0.1, -0.05) is 26.3 Å². The second kappa shape index (κ2) is 9.36. The summed E-state index contributed by atoms with van der Waals surface area (Å²) in [5.41, 5.74) is 5.77. The predicted octanol–water partition coefficient (Wildman–Crippen LogP) is 1.07. The third-order valence-corrected chi connectivity index (χ3v) is 2.57. The first-order chi connectivity index (χ1) is 7.63. The molecule has 0 fully saturated rings. The molecule has 0 aliphatic rings. The van der Waals surface area contributed by atoms with Crippen LogP contribution in [0, 0.1) is 5.92 Å². The number of nitrogens with one attached hydrogen (secondary N) is 1. The van der Waals surface area contributed by atoms with Gasteiger partial charge in [0.05, 0.1) is 19.3 Å². The Bertz CT molecular complexity index is 207. The molecule has 0 aromatic rings. The van der Waals surface area contributed by atoms with E-state index in [0.717, 1.165) is 12.8 Å². The highest BCUT2D eigenvalue weighted by Gasteiger charge is 2.18. The number of ether oxygens (including phenoxy) is 1. The van der Waals surface area contributed by atoms with Crippen molar-refractivity contribution in [2.24, 2.45) is 11.7 Å². The van der Waals surface area contributed by atoms with Gasteiger partial charge in [-0.25, -0.2) is 0 Å². The Morgan fingerprint density at radius 2 is 2.25 bits per heavy atom. The van der Waals surface area contributed by atoms with Crippen molar-refractivity contribution >= 4 is 5.91 Å². The quantitative estimate of drug-likeness (QED) is 0.458. The van der Waals surface area contributed by atoms with Crippen LogP contribution in [0.2, 0.25) is 0 Å². The van der Waals surface area contributed by atoms with Crippen LogP contribution < -0.4 is 11.1 Å². The van der Waals surface area contributed by atoms with E-state index in [4.69, 9.17) is 10.5 Å². The zero-order valence-electron chi connectivity index (χ0n) is 10.4. The minimum absolute atomic E-state index is 0.0957. The normalized spacial score (nSPS) is 14.2. The molecular weight excluding hydrogens is 204 g/mol. The second-order valence-electron chi connectivity index (χ2n) is 3.89. The second-order valence-corrected chi connectivity index (χ2v) is 3.89. The van der Waals surface area contributed by atoms with Crippen LogP contribution in [0.5, 0.6) is 0 Å². The Morgan fingerprint density at radius 1 is 1.56 bits per heavy atom. The van der Waals surface area contributed by atoms with E-state index in [1.54, 1.807) is 6.08 Å². The van der Waals surface area contributed by atoms with Gasteiger partial charge in [0, 0.05) is 6.54 Å². The van der Waals surface area contributed by atoms with Gasteiger partial charge in [0.2, 0.25) is 5.91 Å². The summed E-state index contributed by atoms with van der Waals surface area (Å²) in [6.45, 7) is 9.28. The van der Waals surface area contributed by atoms with Crippen molar-refractivity contribution in [3.8, 4) is 0 Å². The summed E-state index contributed by atoms with van der Waals surface area (Å²) < 4.78 is 5.26. The van der Waals surface area contributed by atoms with Gasteiger partial charge in [-0.05, 0) is 12.3 Å². The van der Waals surface area contributed by atoms with Crippen LogP contribution in [0.25, 0.3) is 0 Å². The molecule has 0 aromatic carbocycles. The van der Waals surface area contributed by atoms with Crippen molar-refractivity contribution in [3.63, 3.8) is 0 Å². The molecule has 0 saturated carbocycles. The maximum absolute atomic E-state index is 11.5. The number of nitrogens with two attached hydrogens (primary N) is 1. The fourth-order valence-corrected chi connectivity index (χ4v) is 1.15. The lowest BCUT2D eigenvalue weighted by Gasteiger charge is -2.17. The zero-order chi connectivity index (χ0) is 12.4. The zero-order valence-corrected chi connectivity index (χ0v) is 10.4. The fraction of sp³-hybridized carbons (Fsp3) is 0.750. The van der Waals surface area contributed by atoms with Gasteiger partial charge in [-0.3, -0.25) is 4.79 Å². The molecule has 0 aliphatic carbocycles. The number of carbonyl (C=O) groups is 1. The summed E-state index contributed by atoms with van der Waals surface area (Å²) in [5.74, 6) is 0.114. The van der Waals surface area contributed by atoms with Crippen molar-refractivity contribution in [1.29, 1.82) is 0 Å². The largest absolute Gasteiger partial charge is 0.379 e. The molecule has 4 nitrogen and oxygen atoms in total. The minimum atomic E-state index is -0.418. The Hall–Kier alpha value is -0.870. The number of rotatable bonds is 9. The molecule has 3 N–H and O–H groups in total. The molecule has 0 radical (unpaired) electrons. The van der Waals surface area contributed by atoms with Crippen LogP contribution in [0.4, 0.5) is 0 Å². The van der Waals surface area contributed by atoms with Gasteiger partial charge in [-0.2, -0.15) is 0 Å². The molecule has 16 heavy (non-hydrogen) atoms. The smallest absolute Gasteiger partial charge is 0.237 e. The maximum atomic E-state index is 11.5. The van der Waals surface area contributed by atoms with Gasteiger partial charge in [0.25, 0.3) is 0 Å². The third-order valence-electron chi connectivity index (χ3n) is 2.57. The van der Waals surface area contributed by atoms with E-state index in [0.29, 0.717) is 19.8 Å². The van der Waals surface area contributed by atoms with Crippen molar-refractivity contribution in [3.05, 3.63) is 12.7 Å². The first-order valence-corrected chi connectivity index (χ1v) is 5.85. The molecule has 0 aliphatic heterocycles. The Kier molecular flexibility index (Phi) is 8.85. The highest BCUT2D eigenvalue weighted by Crippen LogP contribution is 2.04. The summed E-state index contributed by atoms with van der Waals surface area (Å²) in [6.07, 6.45) is 3.54. The standard InChI is InChI=1S/C12H24N2O2/c1-4-6-8-16-9-7-14-12(15)11(13)10(3)5-2/h4,10-11H,1,5-9,13H2,2-3H3,(H,14,15)/t10-,11-/m0/s1. The average molecular weight is 228 g/mol. The van der Waals surface area contributed by atoms with Crippen LogP contribution in [0.3, 0.4) is 0 Å². The molecule has 94 valence electrons. The van der Waals surface area contributed by atoms with Crippen LogP contribution in [-0.2, 0) is 9.53 Å². The fourth-order valence-electron chi connectivity index (χ4n) is 1.15. The van der Waals surface area contributed by atoms with Gasteiger partial charge >= 0.3 is 0 Å². The third kappa shape index (κ3) is 6.58. The maximum Gasteiger partial charge on any atom is 0.237 e. The van der Waals surface area contributed by atoms with E-state index in [-0.39, 0.29) is 11.8 Å². The van der Waals surface area contributed by atoms with Crippen LogP contribution >= 0.6 is 0 Å². The predicted molar refractivity (Wildman–Crippen MR) is 66.1 cm³/mol. The molecule has 4 heteroatoms. The van der Waals surface area contributed by atoms with E-state index in [1.165, 1.54) is 0 Å². The molecule has 0 heterocycles. The van der Waals surface area contributed by atoms with E-state index in [1.807, 2.05) is 13.8 Å². The summed E-state index contributed by atoms with van der Waals surface area (Å²) in [4.78, 5) is 11.5. The lowest BCUT2D eigenvalue weighted by Crippen LogP contribution is -2.45. The molecule has 1 amide bonds. The Morgan fingerprint density at radius 3 is 2.81 bits per heavy atom. The number of carbonyl (C=O) groups excluding carboxylic acids is 1. The van der Waals surface area contributed by atoms with Crippen molar-refractivity contribution in [1.82, 2.24) is 5.32 Å². The van der Waals surface area contributed by atoms with Crippen molar-refractivity contribution in [2.75, 3.05) is 19.8 Å². The Balaban J connectivity index is 3.53. The van der Waals surface area contributed by atoms with Crippen LogP contribution in [0.15, 0.2) is 12.7 Å². The molecule has 2 atom stereocenters. The first kappa shape index (κ1) is 15.1. The van der Waals surface area contributed by atoms with E-state index in [9.17, 15) is 4.79 Å². The lowest BCUT2D eigenvalue weighted by atomic mass is 9.99. The summed E-state index contributed by atoms with van der Waals surface area (Å²) >= 11 is 0. The SMILES string of the molecule is C=CCCOCCNC(=O)[C@@H](N)[C@@H](C)CC. The molecule has 0 rings (SSSR count). The van der Waals surface area contributed by atoms with E-state index in [2.05, 4.69) is 11.9 Å². The van der Waals surface area contributed by atoms with E-state index >= 15 is 0 Å². The lowest BCUT2D eigenvalue weighted by molar-refractivity contribution is -0.123. The summed E-state index contributed by atoms with van der Waals surface area (Å²) in [5, 5.41) is 2.76. The van der Waals surface area contributed by atoms with E-state index < -0.39 is 6.04 Å². The minimum Gasteiger partial charge on any atom is -0.379 e. The van der Waals surface area contributed by atoms with Crippen LogP contribution in [0.1, 0.15) is 26.7 Å². The molecule has 0 aromatic heterocycles. The molecular formula is C12H24N2O2.